The van der Waals surface area contributed by atoms with Crippen LogP contribution in [0.15, 0.2) is 48.5 Å². The van der Waals surface area contributed by atoms with Gasteiger partial charge < -0.3 is 19.8 Å². The van der Waals surface area contributed by atoms with E-state index in [2.05, 4.69) is 13.8 Å². The maximum Gasteiger partial charge on any atom is 2.00 e. The van der Waals surface area contributed by atoms with Crippen molar-refractivity contribution in [2.45, 2.75) is 78.1 Å². The minimum atomic E-state index is -1.10. The minimum absolute atomic E-state index is 0. The van der Waals surface area contributed by atoms with Gasteiger partial charge in [-0.15, -0.1) is 0 Å². The number of unbranched alkanes of at least 4 members (excludes halogenated alkanes) is 6. The molecule has 166 valence electrons. The van der Waals surface area contributed by atoms with Gasteiger partial charge in [0, 0.05) is 0 Å². The molecule has 0 amide bonds. The average Bonchev–Trinajstić information content (AvgIpc) is 2.75. The molecule has 0 atom stereocenters. The summed E-state index contributed by atoms with van der Waals surface area (Å²) in [6.45, 7) is 4.38. The van der Waals surface area contributed by atoms with Crippen molar-refractivity contribution in [1.82, 2.24) is 0 Å². The van der Waals surface area contributed by atoms with E-state index >= 15 is 0 Å². The van der Waals surface area contributed by atoms with Crippen molar-refractivity contribution in [2.24, 2.45) is 0 Å². The molecule has 0 saturated heterocycles. The van der Waals surface area contributed by atoms with E-state index in [4.69, 9.17) is 0 Å². The molecule has 2 rings (SSSR count). The first-order chi connectivity index (χ1) is 14.5. The third kappa shape index (κ3) is 13.3. The number of aryl methyl sites for hydroxylation is 2. The third-order valence-electron chi connectivity index (χ3n) is 5.02. The second kappa shape index (κ2) is 17.9. The molecule has 0 aliphatic rings. The number of carboxylic acids is 2. The van der Waals surface area contributed by atoms with E-state index in [1.54, 1.807) is 24.3 Å². The van der Waals surface area contributed by atoms with Crippen molar-refractivity contribution < 1.29 is 19.8 Å². The Balaban J connectivity index is 0.000000562. The van der Waals surface area contributed by atoms with Gasteiger partial charge in [-0.05, 0) is 47.9 Å². The summed E-state index contributed by atoms with van der Waals surface area (Å²) in [6.07, 6.45) is 12.0. The molecule has 0 unspecified atom stereocenters. The zero-order valence-corrected chi connectivity index (χ0v) is 22.7. The smallest absolute Gasteiger partial charge is 0.545 e. The SMILES string of the molecule is CCCCCCc1ccc(C(=O)[O-])cc1.CCCCCCc1ccc(C(=O)[O-])cc1.[Pb+2]. The molecule has 31 heavy (non-hydrogen) atoms. The van der Waals surface area contributed by atoms with Crippen LogP contribution in [-0.2, 0) is 12.8 Å². The first-order valence-corrected chi connectivity index (χ1v) is 11.1. The first-order valence-electron chi connectivity index (χ1n) is 11.1. The maximum atomic E-state index is 10.5. The summed E-state index contributed by atoms with van der Waals surface area (Å²) in [5.74, 6) is -2.21. The molecular weight excluding hydrogens is 583 g/mol. The monoisotopic (exact) mass is 618 g/mol. The van der Waals surface area contributed by atoms with E-state index in [0.717, 1.165) is 12.8 Å². The number of hydrogen-bond donors (Lipinski definition) is 0. The Morgan fingerprint density at radius 3 is 1.16 bits per heavy atom. The van der Waals surface area contributed by atoms with Gasteiger partial charge in [0.05, 0.1) is 11.9 Å². The summed E-state index contributed by atoms with van der Waals surface area (Å²) >= 11 is 0. The second-order valence-corrected chi connectivity index (χ2v) is 7.59. The van der Waals surface area contributed by atoms with E-state index in [0.29, 0.717) is 0 Å². The maximum absolute atomic E-state index is 10.5. The standard InChI is InChI=1S/2C13H18O2.Pb/c2*1-2-3-4-5-6-11-7-9-12(10-8-11)13(14)15;/h2*7-10H,2-6H2,1H3,(H,14,15);/q;;+2/p-2. The van der Waals surface area contributed by atoms with Crippen molar-refractivity contribution in [3.05, 3.63) is 70.8 Å². The Morgan fingerprint density at radius 2 is 0.903 bits per heavy atom. The average molecular weight is 618 g/mol. The summed E-state index contributed by atoms with van der Waals surface area (Å²) in [5.41, 5.74) is 2.92. The van der Waals surface area contributed by atoms with Gasteiger partial charge >= 0.3 is 27.3 Å². The fourth-order valence-corrected chi connectivity index (χ4v) is 3.13. The van der Waals surface area contributed by atoms with Crippen LogP contribution in [0.1, 0.15) is 97.1 Å². The van der Waals surface area contributed by atoms with E-state index in [1.807, 2.05) is 24.3 Å². The molecule has 2 radical (unpaired) electrons. The van der Waals surface area contributed by atoms with Crippen molar-refractivity contribution in [1.29, 1.82) is 0 Å². The predicted molar refractivity (Wildman–Crippen MR) is 123 cm³/mol. The molecule has 0 spiro atoms. The Hall–Kier alpha value is -1.70. The summed E-state index contributed by atoms with van der Waals surface area (Å²) in [6, 6.07) is 14.0. The van der Waals surface area contributed by atoms with Crippen LogP contribution in [0.4, 0.5) is 0 Å². The summed E-state index contributed by atoms with van der Waals surface area (Å²) in [7, 11) is 0. The second-order valence-electron chi connectivity index (χ2n) is 7.59. The molecule has 0 heterocycles. The van der Waals surface area contributed by atoms with Gasteiger partial charge in [-0.3, -0.25) is 0 Å². The Kier molecular flexibility index (Phi) is 16.9. The predicted octanol–water partition coefficient (Wildman–Crippen LogP) is 3.97. The number of rotatable bonds is 12. The van der Waals surface area contributed by atoms with Crippen LogP contribution in [0, 0.1) is 0 Å². The molecule has 0 bridgehead atoms. The normalized spacial score (nSPS) is 9.87. The Bertz CT molecular complexity index is 674. The van der Waals surface area contributed by atoms with Gasteiger partial charge in [-0.2, -0.15) is 0 Å². The van der Waals surface area contributed by atoms with Crippen molar-refractivity contribution in [2.75, 3.05) is 0 Å². The summed E-state index contributed by atoms with van der Waals surface area (Å²) in [4.78, 5) is 21.0. The molecular formula is C26H34O4Pb. The number of benzene rings is 2. The number of carbonyl (C=O) groups is 2. The van der Waals surface area contributed by atoms with Gasteiger partial charge in [0.25, 0.3) is 0 Å². The molecule has 2 aromatic rings. The van der Waals surface area contributed by atoms with E-state index in [9.17, 15) is 19.8 Å². The molecule has 0 aliphatic heterocycles. The molecule has 0 aromatic heterocycles. The van der Waals surface area contributed by atoms with Crippen LogP contribution in [0.25, 0.3) is 0 Å². The Morgan fingerprint density at radius 1 is 0.581 bits per heavy atom. The van der Waals surface area contributed by atoms with Crippen molar-refractivity contribution in [3.8, 4) is 0 Å². The van der Waals surface area contributed by atoms with Gasteiger partial charge in [0.15, 0.2) is 0 Å². The van der Waals surface area contributed by atoms with Crippen LogP contribution in [-0.4, -0.2) is 39.2 Å². The molecule has 4 nitrogen and oxygen atoms in total. The topological polar surface area (TPSA) is 80.3 Å². The fourth-order valence-electron chi connectivity index (χ4n) is 3.13. The van der Waals surface area contributed by atoms with Crippen LogP contribution in [0.3, 0.4) is 0 Å². The van der Waals surface area contributed by atoms with Gasteiger partial charge in [0.1, 0.15) is 0 Å². The van der Waals surface area contributed by atoms with Gasteiger partial charge in [-0.1, -0.05) is 101 Å². The molecule has 0 fully saturated rings. The largest absolute Gasteiger partial charge is 2.00 e. The van der Waals surface area contributed by atoms with Gasteiger partial charge in [0.2, 0.25) is 0 Å². The van der Waals surface area contributed by atoms with E-state index in [1.165, 1.54) is 62.5 Å². The van der Waals surface area contributed by atoms with Crippen molar-refractivity contribution in [3.63, 3.8) is 0 Å². The van der Waals surface area contributed by atoms with Crippen molar-refractivity contribution >= 4 is 39.2 Å². The molecule has 2 aromatic carbocycles. The number of aromatic carboxylic acids is 2. The number of hydrogen-bond acceptors (Lipinski definition) is 4. The van der Waals surface area contributed by atoms with E-state index in [-0.39, 0.29) is 38.4 Å². The fraction of sp³-hybridized carbons (Fsp3) is 0.462. The summed E-state index contributed by atoms with van der Waals surface area (Å²) < 4.78 is 0. The molecule has 0 aliphatic carbocycles. The Labute approximate surface area is 207 Å². The number of carbonyl (C=O) groups excluding carboxylic acids is 2. The van der Waals surface area contributed by atoms with Crippen LogP contribution in [0.2, 0.25) is 0 Å². The molecule has 0 saturated carbocycles. The van der Waals surface area contributed by atoms with E-state index < -0.39 is 11.9 Å². The van der Waals surface area contributed by atoms with Crippen LogP contribution in [0.5, 0.6) is 0 Å². The molecule has 5 heteroatoms. The zero-order valence-electron chi connectivity index (χ0n) is 18.8. The minimum Gasteiger partial charge on any atom is -0.545 e. The molecule has 0 N–H and O–H groups in total. The first kappa shape index (κ1) is 29.3. The number of carboxylic acid groups (broad SMARTS) is 2. The zero-order chi connectivity index (χ0) is 22.2. The summed E-state index contributed by atoms with van der Waals surface area (Å²) in [5, 5.41) is 21.0. The van der Waals surface area contributed by atoms with Crippen LogP contribution >= 0.6 is 0 Å². The van der Waals surface area contributed by atoms with Gasteiger partial charge in [-0.25, -0.2) is 0 Å². The third-order valence-corrected chi connectivity index (χ3v) is 5.02. The van der Waals surface area contributed by atoms with Crippen LogP contribution < -0.4 is 10.2 Å². The quantitative estimate of drug-likeness (QED) is 0.267.